The van der Waals surface area contributed by atoms with Gasteiger partial charge in [0.05, 0.1) is 11.2 Å². The van der Waals surface area contributed by atoms with Crippen molar-refractivity contribution in [3.8, 4) is 0 Å². The van der Waals surface area contributed by atoms with E-state index in [1.807, 2.05) is 18.3 Å². The Balaban J connectivity index is 1.94. The summed E-state index contributed by atoms with van der Waals surface area (Å²) in [4.78, 5) is 6.93. The van der Waals surface area contributed by atoms with Gasteiger partial charge in [-0.15, -0.1) is 0 Å². The van der Waals surface area contributed by atoms with Crippen LogP contribution in [0.4, 0.5) is 11.4 Å². The fourth-order valence-corrected chi connectivity index (χ4v) is 3.49. The highest BCUT2D eigenvalue weighted by atomic mass is 127. The predicted octanol–water partition coefficient (Wildman–Crippen LogP) is 5.67. The predicted molar refractivity (Wildman–Crippen MR) is 109 cm³/mol. The van der Waals surface area contributed by atoms with Gasteiger partial charge in [0, 0.05) is 28.1 Å². The van der Waals surface area contributed by atoms with E-state index < -0.39 is 0 Å². The molecule has 0 spiro atoms. The minimum atomic E-state index is 0.0490. The molecule has 0 atom stereocenters. The summed E-state index contributed by atoms with van der Waals surface area (Å²) >= 11 is 2.31. The van der Waals surface area contributed by atoms with Crippen molar-refractivity contribution in [1.29, 1.82) is 0 Å². The van der Waals surface area contributed by atoms with E-state index in [0.29, 0.717) is 0 Å². The molecular weight excluding hydrogens is 395 g/mol. The Labute approximate surface area is 152 Å². The van der Waals surface area contributed by atoms with E-state index in [0.717, 1.165) is 11.3 Å². The summed E-state index contributed by atoms with van der Waals surface area (Å²) in [6.07, 6.45) is 4.27. The lowest BCUT2D eigenvalue weighted by Crippen LogP contribution is -2.42. The van der Waals surface area contributed by atoms with Crippen LogP contribution in [0.5, 0.6) is 0 Å². The highest BCUT2D eigenvalue weighted by Gasteiger charge is 2.28. The molecule has 0 aliphatic carbocycles. The zero-order chi connectivity index (χ0) is 16.6. The Morgan fingerprint density at radius 2 is 1.91 bits per heavy atom. The van der Waals surface area contributed by atoms with Crippen LogP contribution in [0.3, 0.4) is 0 Å². The van der Waals surface area contributed by atoms with Crippen molar-refractivity contribution < 1.29 is 0 Å². The second-order valence-corrected chi connectivity index (χ2v) is 7.80. The van der Waals surface area contributed by atoms with Gasteiger partial charge in [-0.1, -0.05) is 18.2 Å². The molecule has 1 aliphatic heterocycles. The number of benzene rings is 2. The van der Waals surface area contributed by atoms with E-state index in [4.69, 9.17) is 0 Å². The average molecular weight is 416 g/mol. The largest absolute Gasteiger partial charge is 0.366 e. The maximum absolute atomic E-state index is 4.60. The maximum atomic E-state index is 4.60. The van der Waals surface area contributed by atoms with E-state index >= 15 is 0 Å². The Hall–Kier alpha value is -1.62. The Kier molecular flexibility index (Phi) is 4.32. The van der Waals surface area contributed by atoms with Gasteiger partial charge in [0.15, 0.2) is 0 Å². The van der Waals surface area contributed by atoms with E-state index in [1.165, 1.54) is 20.4 Å². The zero-order valence-corrected chi connectivity index (χ0v) is 16.1. The fraction of sp³-hybridized carbons (Fsp3) is 0.250. The first-order valence-corrected chi connectivity index (χ1v) is 8.82. The summed E-state index contributed by atoms with van der Waals surface area (Å²) in [6.45, 7) is 6.67. The number of aliphatic imine (C=N–C) groups is 1. The number of hydrogen-bond donors (Lipinski definition) is 0. The molecule has 118 valence electrons. The smallest absolute Gasteiger partial charge is 0.0640 e. The Morgan fingerprint density at radius 1 is 1.13 bits per heavy atom. The van der Waals surface area contributed by atoms with E-state index in [1.54, 1.807) is 0 Å². The lowest BCUT2D eigenvalue weighted by molar-refractivity contribution is 0.598. The monoisotopic (exact) mass is 416 g/mol. The highest BCUT2D eigenvalue weighted by molar-refractivity contribution is 14.1. The van der Waals surface area contributed by atoms with Crippen LogP contribution in [-0.4, -0.2) is 18.8 Å². The van der Waals surface area contributed by atoms with Gasteiger partial charge in [-0.3, -0.25) is 4.99 Å². The number of anilines is 1. The van der Waals surface area contributed by atoms with Gasteiger partial charge >= 0.3 is 0 Å². The lowest BCUT2D eigenvalue weighted by atomic mass is 9.89. The molecule has 0 radical (unpaired) electrons. The van der Waals surface area contributed by atoms with Crippen LogP contribution in [0.1, 0.15) is 31.9 Å². The fourth-order valence-electron chi connectivity index (χ4n) is 2.96. The normalized spacial score (nSPS) is 16.4. The topological polar surface area (TPSA) is 15.6 Å². The Bertz CT molecular complexity index is 803. The second kappa shape index (κ2) is 6.11. The summed E-state index contributed by atoms with van der Waals surface area (Å²) in [5.74, 6) is 0. The number of allylic oxidation sites excluding steroid dienone is 1. The number of fused-ring (bicyclic) bond motifs is 1. The van der Waals surface area contributed by atoms with Crippen molar-refractivity contribution >= 4 is 45.8 Å². The summed E-state index contributed by atoms with van der Waals surface area (Å²) in [5, 5.41) is 0. The van der Waals surface area contributed by atoms with E-state index in [2.05, 4.69) is 96.7 Å². The molecule has 0 aromatic heterocycles. The zero-order valence-electron chi connectivity index (χ0n) is 14.0. The van der Waals surface area contributed by atoms with Gasteiger partial charge in [-0.05, 0) is 84.8 Å². The number of hydrogen-bond acceptors (Lipinski definition) is 2. The van der Waals surface area contributed by atoms with Gasteiger partial charge in [0.25, 0.3) is 0 Å². The summed E-state index contributed by atoms with van der Waals surface area (Å²) in [6, 6.07) is 14.8. The number of likely N-dealkylation sites (N-methyl/N-ethyl adjacent to an activating group) is 1. The van der Waals surface area contributed by atoms with Crippen LogP contribution < -0.4 is 4.90 Å². The van der Waals surface area contributed by atoms with Crippen LogP contribution in [0.25, 0.3) is 5.57 Å². The first kappa shape index (κ1) is 16.2. The molecule has 0 saturated heterocycles. The Morgan fingerprint density at radius 3 is 2.65 bits per heavy atom. The maximum Gasteiger partial charge on any atom is 0.0640 e. The molecule has 0 saturated carbocycles. The van der Waals surface area contributed by atoms with Gasteiger partial charge in [-0.25, -0.2) is 0 Å². The third kappa shape index (κ3) is 3.34. The summed E-state index contributed by atoms with van der Waals surface area (Å²) in [5.41, 5.74) is 6.06. The minimum Gasteiger partial charge on any atom is -0.366 e. The SMILES string of the molecule is CC1=CC(C)(C)N(C)c2ccc(C=Nc3cccc(I)c3)cc21. The average Bonchev–Trinajstić information content (AvgIpc) is 2.50. The van der Waals surface area contributed by atoms with E-state index in [-0.39, 0.29) is 5.54 Å². The molecule has 3 rings (SSSR count). The molecule has 0 amide bonds. The van der Waals surface area contributed by atoms with Crippen molar-refractivity contribution in [1.82, 2.24) is 0 Å². The highest BCUT2D eigenvalue weighted by Crippen LogP contribution is 2.37. The van der Waals surface area contributed by atoms with Crippen LogP contribution in [0.2, 0.25) is 0 Å². The van der Waals surface area contributed by atoms with Gasteiger partial charge < -0.3 is 4.90 Å². The first-order chi connectivity index (χ1) is 10.9. The molecule has 1 heterocycles. The third-order valence-corrected chi connectivity index (χ3v) is 5.08. The first-order valence-electron chi connectivity index (χ1n) is 7.74. The number of nitrogens with zero attached hydrogens (tertiary/aromatic N) is 2. The van der Waals surface area contributed by atoms with Gasteiger partial charge in [0.2, 0.25) is 0 Å². The van der Waals surface area contributed by atoms with Crippen molar-refractivity contribution in [2.75, 3.05) is 11.9 Å². The van der Waals surface area contributed by atoms with Crippen LogP contribution in [-0.2, 0) is 0 Å². The lowest BCUT2D eigenvalue weighted by Gasteiger charge is -2.40. The quantitative estimate of drug-likeness (QED) is 0.455. The molecule has 2 aromatic carbocycles. The third-order valence-electron chi connectivity index (χ3n) is 4.41. The van der Waals surface area contributed by atoms with Crippen molar-refractivity contribution in [2.45, 2.75) is 26.3 Å². The molecule has 0 N–H and O–H groups in total. The number of halogens is 1. The van der Waals surface area contributed by atoms with Crippen LogP contribution in [0, 0.1) is 3.57 Å². The number of rotatable bonds is 2. The molecule has 0 fully saturated rings. The van der Waals surface area contributed by atoms with Crippen molar-refractivity contribution in [3.05, 3.63) is 63.2 Å². The molecule has 0 bridgehead atoms. The van der Waals surface area contributed by atoms with E-state index in [9.17, 15) is 0 Å². The molecule has 3 heteroatoms. The second-order valence-electron chi connectivity index (χ2n) is 6.55. The van der Waals surface area contributed by atoms with Gasteiger partial charge in [0.1, 0.15) is 0 Å². The van der Waals surface area contributed by atoms with Crippen molar-refractivity contribution in [2.24, 2.45) is 4.99 Å². The molecule has 1 aliphatic rings. The molecule has 2 nitrogen and oxygen atoms in total. The van der Waals surface area contributed by atoms with Crippen LogP contribution in [0.15, 0.2) is 53.5 Å². The molecule has 0 unspecified atom stereocenters. The summed E-state index contributed by atoms with van der Waals surface area (Å²) < 4.78 is 1.20. The van der Waals surface area contributed by atoms with Crippen LogP contribution >= 0.6 is 22.6 Å². The minimum absolute atomic E-state index is 0.0490. The molecular formula is C20H21IN2. The standard InChI is InChI=1S/C20H21IN2/c1-14-12-20(2,3)23(4)19-9-8-15(10-18(14)19)13-22-17-7-5-6-16(21)11-17/h5-13H,1-4H3. The van der Waals surface area contributed by atoms with Gasteiger partial charge in [-0.2, -0.15) is 0 Å². The van der Waals surface area contributed by atoms with Crippen molar-refractivity contribution in [3.63, 3.8) is 0 Å². The summed E-state index contributed by atoms with van der Waals surface area (Å²) in [7, 11) is 2.15. The molecule has 23 heavy (non-hydrogen) atoms. The molecule has 2 aromatic rings.